The number of quaternary nitrogens is 1. The molecule has 5 heteroatoms. The maximum atomic E-state index is 13.0. The molecule has 2 fully saturated rings. The topological polar surface area (TPSA) is 33.9 Å². The molecule has 3 nitrogen and oxygen atoms in total. The summed E-state index contributed by atoms with van der Waals surface area (Å²) in [5, 5.41) is 10.6. The van der Waals surface area contributed by atoms with Gasteiger partial charge < -0.3 is 14.7 Å². The van der Waals surface area contributed by atoms with Gasteiger partial charge in [-0.2, -0.15) is 0 Å². The highest BCUT2D eigenvalue weighted by atomic mass is 35.5. The van der Waals surface area contributed by atoms with Crippen LogP contribution in [-0.4, -0.2) is 36.9 Å². The molecule has 2 aliphatic rings. The zero-order valence-electron chi connectivity index (χ0n) is 14.7. The van der Waals surface area contributed by atoms with E-state index in [1.54, 1.807) is 0 Å². The zero-order valence-corrected chi connectivity index (χ0v) is 15.5. The predicted molar refractivity (Wildman–Crippen MR) is 93.1 cm³/mol. The molecule has 134 valence electrons. The third kappa shape index (κ3) is 4.04. The summed E-state index contributed by atoms with van der Waals surface area (Å²) >= 11 is 5.95. The van der Waals surface area contributed by atoms with Crippen LogP contribution in [-0.2, 0) is 0 Å². The normalized spacial score (nSPS) is 32.6. The van der Waals surface area contributed by atoms with Crippen molar-refractivity contribution in [1.29, 1.82) is 0 Å². The minimum absolute atomic E-state index is 0.182. The SMILES string of the molecule is CC1(C)C[C@@H]2C[C@@](C)(C[NH+]2C[C@@H](O)COc2ccc(F)cc2Cl)C1. The number of likely N-dealkylation sites (tertiary alicyclic amines) is 1. The first-order valence-electron chi connectivity index (χ1n) is 8.76. The standard InChI is InChI=1S/C19H27ClFNO2/c1-18(2)7-14-8-19(3,11-18)12-22(14)9-15(23)10-24-17-5-4-13(21)6-16(17)20/h4-6,14-15,23H,7-12H2,1-3H3/p+1/t14-,15-,19-/m1/s1. The van der Waals surface area contributed by atoms with Gasteiger partial charge in [0.1, 0.15) is 30.8 Å². The van der Waals surface area contributed by atoms with Crippen LogP contribution in [0.1, 0.15) is 40.0 Å². The maximum Gasteiger partial charge on any atom is 0.138 e. The van der Waals surface area contributed by atoms with Gasteiger partial charge in [0.25, 0.3) is 0 Å². The number of aliphatic hydroxyl groups excluding tert-OH is 1. The number of hydrogen-bond donors (Lipinski definition) is 2. The Labute approximate surface area is 148 Å². The van der Waals surface area contributed by atoms with Crippen LogP contribution in [0.4, 0.5) is 4.39 Å². The van der Waals surface area contributed by atoms with E-state index in [1.165, 1.54) is 42.4 Å². The largest absolute Gasteiger partial charge is 0.489 e. The molecule has 0 spiro atoms. The fourth-order valence-electron chi connectivity index (χ4n) is 5.13. The average Bonchev–Trinajstić information content (AvgIpc) is 2.66. The van der Waals surface area contributed by atoms with Gasteiger partial charge in [0.05, 0.1) is 17.6 Å². The van der Waals surface area contributed by atoms with E-state index in [-0.39, 0.29) is 11.6 Å². The van der Waals surface area contributed by atoms with Crippen LogP contribution >= 0.6 is 11.6 Å². The molecular formula is C19H28ClFNO2+. The van der Waals surface area contributed by atoms with E-state index in [1.807, 2.05) is 0 Å². The average molecular weight is 357 g/mol. The van der Waals surface area contributed by atoms with Crippen molar-refractivity contribution < 1.29 is 19.1 Å². The number of fused-ring (bicyclic) bond motifs is 2. The van der Waals surface area contributed by atoms with Crippen molar-refractivity contribution in [1.82, 2.24) is 0 Å². The molecule has 1 aromatic carbocycles. The van der Waals surface area contributed by atoms with E-state index >= 15 is 0 Å². The van der Waals surface area contributed by atoms with Crippen LogP contribution in [0, 0.1) is 16.6 Å². The lowest BCUT2D eigenvalue weighted by Crippen LogP contribution is -3.15. The number of halogens is 2. The van der Waals surface area contributed by atoms with Crippen LogP contribution in [0.25, 0.3) is 0 Å². The monoisotopic (exact) mass is 356 g/mol. The smallest absolute Gasteiger partial charge is 0.138 e. The third-order valence-corrected chi connectivity index (χ3v) is 5.79. The van der Waals surface area contributed by atoms with E-state index in [4.69, 9.17) is 16.3 Å². The summed E-state index contributed by atoms with van der Waals surface area (Å²) in [7, 11) is 0. The molecule has 0 amide bonds. The summed E-state index contributed by atoms with van der Waals surface area (Å²) in [6.45, 7) is 9.09. The Morgan fingerprint density at radius 2 is 2.12 bits per heavy atom. The van der Waals surface area contributed by atoms with Crippen molar-refractivity contribution in [3.05, 3.63) is 29.0 Å². The van der Waals surface area contributed by atoms with Gasteiger partial charge in [-0.25, -0.2) is 4.39 Å². The lowest BCUT2D eigenvalue weighted by Gasteiger charge is -2.37. The zero-order chi connectivity index (χ0) is 17.5. The Balaban J connectivity index is 1.55. The first kappa shape index (κ1) is 18.0. The number of benzene rings is 1. The van der Waals surface area contributed by atoms with Gasteiger partial charge >= 0.3 is 0 Å². The highest BCUT2D eigenvalue weighted by Crippen LogP contribution is 2.47. The summed E-state index contributed by atoms with van der Waals surface area (Å²) in [4.78, 5) is 1.49. The fourth-order valence-corrected chi connectivity index (χ4v) is 5.35. The van der Waals surface area contributed by atoms with E-state index in [2.05, 4.69) is 20.8 Å². The molecular weight excluding hydrogens is 329 g/mol. The van der Waals surface area contributed by atoms with Gasteiger partial charge in [0.2, 0.25) is 0 Å². The molecule has 2 N–H and O–H groups in total. The molecule has 4 atom stereocenters. The second-order valence-corrected chi connectivity index (χ2v) is 9.24. The molecule has 0 aromatic heterocycles. The lowest BCUT2D eigenvalue weighted by atomic mass is 9.65. The van der Waals surface area contributed by atoms with Crippen LogP contribution in [0.3, 0.4) is 0 Å². The minimum atomic E-state index is -0.549. The molecule has 1 saturated carbocycles. The molecule has 1 heterocycles. The molecule has 2 bridgehead atoms. The first-order valence-corrected chi connectivity index (χ1v) is 9.14. The van der Waals surface area contributed by atoms with Gasteiger partial charge in [-0.1, -0.05) is 32.4 Å². The Morgan fingerprint density at radius 1 is 1.38 bits per heavy atom. The minimum Gasteiger partial charge on any atom is -0.489 e. The highest BCUT2D eigenvalue weighted by Gasteiger charge is 2.52. The Morgan fingerprint density at radius 3 is 2.83 bits per heavy atom. The first-order chi connectivity index (χ1) is 11.2. The highest BCUT2D eigenvalue weighted by molar-refractivity contribution is 6.32. The number of nitrogens with one attached hydrogen (secondary N) is 1. The van der Waals surface area contributed by atoms with Crippen molar-refractivity contribution in [2.24, 2.45) is 10.8 Å². The molecule has 1 saturated heterocycles. The number of hydrogen-bond acceptors (Lipinski definition) is 2. The van der Waals surface area contributed by atoms with Crippen molar-refractivity contribution in [2.75, 3.05) is 19.7 Å². The number of aliphatic hydroxyl groups is 1. The third-order valence-electron chi connectivity index (χ3n) is 5.50. The van der Waals surface area contributed by atoms with Gasteiger partial charge in [0, 0.05) is 18.3 Å². The maximum absolute atomic E-state index is 13.0. The molecule has 3 rings (SSSR count). The van der Waals surface area contributed by atoms with E-state index in [0.717, 1.165) is 6.54 Å². The summed E-state index contributed by atoms with van der Waals surface area (Å²) in [6, 6.07) is 4.67. The predicted octanol–water partition coefficient (Wildman–Crippen LogP) is 2.70. The van der Waals surface area contributed by atoms with Crippen LogP contribution in [0.2, 0.25) is 5.02 Å². The fraction of sp³-hybridized carbons (Fsp3) is 0.684. The van der Waals surface area contributed by atoms with Gasteiger partial charge in [0.15, 0.2) is 0 Å². The quantitative estimate of drug-likeness (QED) is 0.850. The molecule has 1 aliphatic heterocycles. The van der Waals surface area contributed by atoms with Crippen molar-refractivity contribution >= 4 is 11.6 Å². The van der Waals surface area contributed by atoms with Crippen molar-refractivity contribution in [3.8, 4) is 5.75 Å². The van der Waals surface area contributed by atoms with Crippen LogP contribution < -0.4 is 9.64 Å². The lowest BCUT2D eigenvalue weighted by molar-refractivity contribution is -0.917. The number of ether oxygens (including phenoxy) is 1. The van der Waals surface area contributed by atoms with Gasteiger partial charge in [-0.3, -0.25) is 0 Å². The Bertz CT molecular complexity index is 609. The van der Waals surface area contributed by atoms with Crippen molar-refractivity contribution in [3.63, 3.8) is 0 Å². The van der Waals surface area contributed by atoms with E-state index in [9.17, 15) is 9.50 Å². The molecule has 1 aromatic rings. The Hall–Kier alpha value is -0.840. The summed E-state index contributed by atoms with van der Waals surface area (Å²) in [6.07, 6.45) is 3.18. The Kier molecular flexibility index (Phi) is 4.84. The summed E-state index contributed by atoms with van der Waals surface area (Å²) < 4.78 is 18.6. The molecule has 24 heavy (non-hydrogen) atoms. The summed E-state index contributed by atoms with van der Waals surface area (Å²) in [5.74, 6) is 0.0259. The molecule has 1 unspecified atom stereocenters. The summed E-state index contributed by atoms with van der Waals surface area (Å²) in [5.41, 5.74) is 0.783. The van der Waals surface area contributed by atoms with Crippen molar-refractivity contribution in [2.45, 2.75) is 52.2 Å². The molecule has 0 radical (unpaired) electrons. The molecule has 1 aliphatic carbocycles. The van der Waals surface area contributed by atoms with Crippen LogP contribution in [0.5, 0.6) is 5.75 Å². The van der Waals surface area contributed by atoms with E-state index < -0.39 is 11.9 Å². The number of rotatable bonds is 5. The second kappa shape index (κ2) is 6.47. The van der Waals surface area contributed by atoms with Crippen LogP contribution in [0.15, 0.2) is 18.2 Å². The second-order valence-electron chi connectivity index (χ2n) is 8.84. The van der Waals surface area contributed by atoms with E-state index in [0.29, 0.717) is 29.2 Å². The van der Waals surface area contributed by atoms with Gasteiger partial charge in [-0.15, -0.1) is 0 Å². The van der Waals surface area contributed by atoms with Gasteiger partial charge in [-0.05, 0) is 30.0 Å².